The van der Waals surface area contributed by atoms with Crippen LogP contribution in [0, 0.1) is 5.92 Å². The fourth-order valence-corrected chi connectivity index (χ4v) is 3.91. The summed E-state index contributed by atoms with van der Waals surface area (Å²) in [5.41, 5.74) is 0. The maximum absolute atomic E-state index is 13.1. The third kappa shape index (κ3) is 1.50. The van der Waals surface area contributed by atoms with E-state index < -0.39 is 6.17 Å². The van der Waals surface area contributed by atoms with E-state index in [1.807, 2.05) is 6.92 Å². The van der Waals surface area contributed by atoms with Gasteiger partial charge in [-0.2, -0.15) is 0 Å². The number of alkyl halides is 2. The highest BCUT2D eigenvalue weighted by atomic mass is 79.9. The fraction of sp³-hybridized carbons (Fsp3) is 1.00. The molecule has 0 aliphatic carbocycles. The van der Waals surface area contributed by atoms with Crippen molar-refractivity contribution in [2.45, 2.75) is 35.8 Å². The Balaban J connectivity index is 2.53. The quantitative estimate of drug-likeness (QED) is 0.620. The molecule has 1 heterocycles. The predicted molar refractivity (Wildman–Crippen MR) is 48.4 cm³/mol. The zero-order valence-electron chi connectivity index (χ0n) is 6.18. The fourth-order valence-electron chi connectivity index (χ4n) is 1.28. The Kier molecular flexibility index (Phi) is 3.04. The average Bonchev–Trinajstić information content (AvgIpc) is 2.17. The first-order valence-corrected chi connectivity index (χ1v) is 5.46. The van der Waals surface area contributed by atoms with Crippen LogP contribution in [0.2, 0.25) is 0 Å². The van der Waals surface area contributed by atoms with Crippen molar-refractivity contribution < 1.29 is 4.39 Å². The highest BCUT2D eigenvalue weighted by Gasteiger charge is 2.39. The van der Waals surface area contributed by atoms with E-state index in [0.717, 1.165) is 6.42 Å². The minimum Gasteiger partial charge on any atom is -0.245 e. The van der Waals surface area contributed by atoms with Gasteiger partial charge in [-0.1, -0.05) is 29.8 Å². The van der Waals surface area contributed by atoms with Crippen molar-refractivity contribution in [1.82, 2.24) is 0 Å². The van der Waals surface area contributed by atoms with Crippen molar-refractivity contribution in [2.75, 3.05) is 0 Å². The molecule has 0 saturated carbocycles. The normalized spacial score (nSPS) is 48.0. The van der Waals surface area contributed by atoms with Crippen LogP contribution in [0.1, 0.15) is 20.3 Å². The molecule has 0 nitrogen and oxygen atoms in total. The standard InChI is InChI=1S/C7H12BrFS/c1-3-5-4(2)6(9)7(8)10-5/h4-7H,3H2,1-2H3/t4-,5-,6+,7?/m1/s1. The van der Waals surface area contributed by atoms with E-state index >= 15 is 0 Å². The van der Waals surface area contributed by atoms with Crippen LogP contribution in [0.5, 0.6) is 0 Å². The SMILES string of the molecule is CC[C@H]1SC(Br)[C@@H](F)[C@@H]1C. The number of hydrogen-bond donors (Lipinski definition) is 0. The Labute approximate surface area is 74.1 Å². The topological polar surface area (TPSA) is 0 Å². The van der Waals surface area contributed by atoms with Gasteiger partial charge in [0.2, 0.25) is 0 Å². The maximum atomic E-state index is 13.1. The van der Waals surface area contributed by atoms with Crippen LogP contribution >= 0.6 is 27.7 Å². The lowest BCUT2D eigenvalue weighted by atomic mass is 10.0. The van der Waals surface area contributed by atoms with Gasteiger partial charge in [0, 0.05) is 11.2 Å². The molecule has 0 aromatic carbocycles. The maximum Gasteiger partial charge on any atom is 0.125 e. The molecule has 1 aliphatic heterocycles. The molecule has 0 aromatic heterocycles. The van der Waals surface area contributed by atoms with E-state index in [-0.39, 0.29) is 10.1 Å². The molecule has 0 radical (unpaired) electrons. The van der Waals surface area contributed by atoms with Gasteiger partial charge in [0.1, 0.15) is 6.17 Å². The lowest BCUT2D eigenvalue weighted by Gasteiger charge is -2.11. The van der Waals surface area contributed by atoms with Gasteiger partial charge in [-0.15, -0.1) is 11.8 Å². The largest absolute Gasteiger partial charge is 0.245 e. The summed E-state index contributed by atoms with van der Waals surface area (Å²) < 4.78 is 13.1. The first-order valence-electron chi connectivity index (χ1n) is 3.60. The lowest BCUT2D eigenvalue weighted by Crippen LogP contribution is -2.17. The molecule has 0 N–H and O–H groups in total. The summed E-state index contributed by atoms with van der Waals surface area (Å²) in [5, 5.41) is 0.513. The van der Waals surface area contributed by atoms with Gasteiger partial charge in [-0.05, 0) is 6.42 Å². The first-order chi connectivity index (χ1) is 4.66. The van der Waals surface area contributed by atoms with Crippen LogP contribution < -0.4 is 0 Å². The summed E-state index contributed by atoms with van der Waals surface area (Å²) in [6.45, 7) is 4.11. The monoisotopic (exact) mass is 226 g/mol. The molecule has 0 bridgehead atoms. The lowest BCUT2D eigenvalue weighted by molar-refractivity contribution is 0.271. The summed E-state index contributed by atoms with van der Waals surface area (Å²) in [7, 11) is 0. The van der Waals surface area contributed by atoms with Crippen LogP contribution in [0.15, 0.2) is 0 Å². The van der Waals surface area contributed by atoms with Crippen molar-refractivity contribution >= 4 is 27.7 Å². The molecule has 0 spiro atoms. The molecular weight excluding hydrogens is 215 g/mol. The molecule has 1 fully saturated rings. The minimum absolute atomic E-state index is 0.0347. The van der Waals surface area contributed by atoms with Gasteiger partial charge in [0.15, 0.2) is 0 Å². The zero-order valence-corrected chi connectivity index (χ0v) is 8.58. The molecule has 0 aromatic rings. The second-order valence-corrected chi connectivity index (χ2v) is 5.72. The molecule has 0 amide bonds. The van der Waals surface area contributed by atoms with Crippen LogP contribution in [-0.4, -0.2) is 15.6 Å². The van der Waals surface area contributed by atoms with Crippen molar-refractivity contribution in [3.63, 3.8) is 0 Å². The van der Waals surface area contributed by atoms with Crippen molar-refractivity contribution in [2.24, 2.45) is 5.92 Å². The Bertz CT molecular complexity index is 120. The summed E-state index contributed by atoms with van der Waals surface area (Å²) in [6.07, 6.45) is 0.420. The van der Waals surface area contributed by atoms with Gasteiger partial charge in [0.25, 0.3) is 0 Å². The van der Waals surface area contributed by atoms with Gasteiger partial charge >= 0.3 is 0 Å². The Morgan fingerprint density at radius 2 is 2.20 bits per heavy atom. The molecule has 60 valence electrons. The second-order valence-electron chi connectivity index (χ2n) is 2.74. The van der Waals surface area contributed by atoms with Crippen molar-refractivity contribution in [3.05, 3.63) is 0 Å². The van der Waals surface area contributed by atoms with Crippen LogP contribution in [0.25, 0.3) is 0 Å². The number of halogens is 2. The molecule has 1 aliphatic rings. The third-order valence-electron chi connectivity index (χ3n) is 2.05. The number of rotatable bonds is 1. The summed E-state index contributed by atoms with van der Waals surface area (Å²) in [5.74, 6) is 0.222. The Hall–Kier alpha value is 0.760. The highest BCUT2D eigenvalue weighted by molar-refractivity contribution is 9.11. The Morgan fingerprint density at radius 1 is 1.60 bits per heavy atom. The molecule has 3 heteroatoms. The second kappa shape index (κ2) is 3.44. The van der Waals surface area contributed by atoms with E-state index in [2.05, 4.69) is 22.9 Å². The van der Waals surface area contributed by atoms with E-state index in [1.165, 1.54) is 0 Å². The van der Waals surface area contributed by atoms with Gasteiger partial charge < -0.3 is 0 Å². The molecule has 1 saturated heterocycles. The molecule has 1 rings (SSSR count). The summed E-state index contributed by atoms with van der Waals surface area (Å²) in [6, 6.07) is 0. The van der Waals surface area contributed by atoms with Gasteiger partial charge in [0.05, 0.1) is 4.16 Å². The summed E-state index contributed by atoms with van der Waals surface area (Å²) in [4.78, 5) is 0. The first kappa shape index (κ1) is 8.85. The van der Waals surface area contributed by atoms with Crippen LogP contribution in [0.3, 0.4) is 0 Å². The molecule has 10 heavy (non-hydrogen) atoms. The van der Waals surface area contributed by atoms with E-state index in [1.54, 1.807) is 11.8 Å². The van der Waals surface area contributed by atoms with Crippen LogP contribution in [0.4, 0.5) is 4.39 Å². The predicted octanol–water partition coefficient (Wildman–Crippen LogP) is 3.21. The smallest absolute Gasteiger partial charge is 0.125 e. The van der Waals surface area contributed by atoms with E-state index in [4.69, 9.17) is 0 Å². The van der Waals surface area contributed by atoms with Gasteiger partial charge in [-0.25, -0.2) is 4.39 Å². The summed E-state index contributed by atoms with van der Waals surface area (Å²) >= 11 is 5.04. The molecule has 1 unspecified atom stereocenters. The minimum atomic E-state index is -0.657. The van der Waals surface area contributed by atoms with E-state index in [0.29, 0.717) is 5.25 Å². The molecule has 4 atom stereocenters. The van der Waals surface area contributed by atoms with Crippen molar-refractivity contribution in [3.8, 4) is 0 Å². The van der Waals surface area contributed by atoms with Crippen LogP contribution in [-0.2, 0) is 0 Å². The average molecular weight is 227 g/mol. The number of thioether (sulfide) groups is 1. The third-order valence-corrected chi connectivity index (χ3v) is 4.83. The number of hydrogen-bond acceptors (Lipinski definition) is 1. The molecular formula is C7H12BrFS. The zero-order chi connectivity index (χ0) is 7.72. The van der Waals surface area contributed by atoms with E-state index in [9.17, 15) is 4.39 Å². The van der Waals surface area contributed by atoms with Gasteiger partial charge in [-0.3, -0.25) is 0 Å². The Morgan fingerprint density at radius 3 is 2.40 bits per heavy atom. The highest BCUT2D eigenvalue weighted by Crippen LogP contribution is 2.44. The van der Waals surface area contributed by atoms with Crippen molar-refractivity contribution in [1.29, 1.82) is 0 Å².